The highest BCUT2D eigenvalue weighted by molar-refractivity contribution is 5.43. The Bertz CT molecular complexity index is 395. The SMILES string of the molecule is CCCNCc1cc(C)nc(N(CC)C(C)COC)c1. The van der Waals surface area contributed by atoms with Crippen molar-refractivity contribution >= 4 is 5.82 Å². The molecule has 1 heterocycles. The fourth-order valence-corrected chi connectivity index (χ4v) is 2.41. The molecule has 0 fully saturated rings. The summed E-state index contributed by atoms with van der Waals surface area (Å²) in [6.07, 6.45) is 1.16. The Balaban J connectivity index is 2.86. The largest absolute Gasteiger partial charge is 0.383 e. The van der Waals surface area contributed by atoms with Crippen molar-refractivity contribution in [2.24, 2.45) is 0 Å². The highest BCUT2D eigenvalue weighted by Crippen LogP contribution is 2.17. The summed E-state index contributed by atoms with van der Waals surface area (Å²) in [5.74, 6) is 1.05. The number of anilines is 1. The maximum absolute atomic E-state index is 5.27. The molecule has 0 amide bonds. The summed E-state index contributed by atoms with van der Waals surface area (Å²) in [4.78, 5) is 6.97. The summed E-state index contributed by atoms with van der Waals surface area (Å²) in [5, 5.41) is 3.45. The first-order valence-corrected chi connectivity index (χ1v) is 7.56. The average molecular weight is 279 g/mol. The van der Waals surface area contributed by atoms with E-state index in [1.807, 2.05) is 0 Å². The van der Waals surface area contributed by atoms with E-state index in [-0.39, 0.29) is 0 Å². The van der Waals surface area contributed by atoms with Crippen LogP contribution in [0.15, 0.2) is 12.1 Å². The molecule has 1 aromatic rings. The topological polar surface area (TPSA) is 37.4 Å². The third kappa shape index (κ3) is 5.10. The lowest BCUT2D eigenvalue weighted by molar-refractivity contribution is 0.181. The van der Waals surface area contributed by atoms with Crippen molar-refractivity contribution in [3.05, 3.63) is 23.4 Å². The molecule has 114 valence electrons. The smallest absolute Gasteiger partial charge is 0.129 e. The van der Waals surface area contributed by atoms with Crippen LogP contribution in [0, 0.1) is 6.92 Å². The van der Waals surface area contributed by atoms with Crippen molar-refractivity contribution in [1.29, 1.82) is 0 Å². The standard InChI is InChI=1S/C16H29N3O/c1-6-8-17-11-15-9-13(3)18-16(10-15)19(7-2)14(4)12-20-5/h9-10,14,17H,6-8,11-12H2,1-5H3. The molecule has 0 spiro atoms. The Morgan fingerprint density at radius 3 is 2.70 bits per heavy atom. The first-order chi connectivity index (χ1) is 9.62. The van der Waals surface area contributed by atoms with E-state index < -0.39 is 0 Å². The number of likely N-dealkylation sites (N-methyl/N-ethyl adjacent to an activating group) is 1. The highest BCUT2D eigenvalue weighted by Gasteiger charge is 2.14. The van der Waals surface area contributed by atoms with Crippen LogP contribution in [0.1, 0.15) is 38.4 Å². The van der Waals surface area contributed by atoms with Gasteiger partial charge in [-0.1, -0.05) is 6.92 Å². The zero-order chi connectivity index (χ0) is 15.0. The number of hydrogen-bond donors (Lipinski definition) is 1. The average Bonchev–Trinajstić information content (AvgIpc) is 2.39. The molecule has 4 heteroatoms. The summed E-state index contributed by atoms with van der Waals surface area (Å²) in [6, 6.07) is 4.67. The Morgan fingerprint density at radius 2 is 2.10 bits per heavy atom. The van der Waals surface area contributed by atoms with Crippen molar-refractivity contribution in [2.75, 3.05) is 31.7 Å². The fourth-order valence-electron chi connectivity index (χ4n) is 2.41. The van der Waals surface area contributed by atoms with E-state index in [2.05, 4.69) is 55.0 Å². The van der Waals surface area contributed by atoms with Gasteiger partial charge in [-0.15, -0.1) is 0 Å². The maximum Gasteiger partial charge on any atom is 0.129 e. The summed E-state index contributed by atoms with van der Waals surface area (Å²) in [7, 11) is 1.74. The van der Waals surface area contributed by atoms with E-state index in [1.165, 1.54) is 5.56 Å². The van der Waals surface area contributed by atoms with Crippen molar-refractivity contribution in [3.8, 4) is 0 Å². The third-order valence-corrected chi connectivity index (χ3v) is 3.33. The van der Waals surface area contributed by atoms with Crippen molar-refractivity contribution < 1.29 is 4.74 Å². The van der Waals surface area contributed by atoms with Crippen LogP contribution < -0.4 is 10.2 Å². The highest BCUT2D eigenvalue weighted by atomic mass is 16.5. The number of aromatic nitrogens is 1. The van der Waals surface area contributed by atoms with Crippen LogP contribution in [0.4, 0.5) is 5.82 Å². The van der Waals surface area contributed by atoms with Crippen LogP contribution in [-0.4, -0.2) is 37.8 Å². The van der Waals surface area contributed by atoms with E-state index in [0.29, 0.717) is 12.6 Å². The zero-order valence-corrected chi connectivity index (χ0v) is 13.6. The summed E-state index contributed by atoms with van der Waals surface area (Å²) >= 11 is 0. The number of methoxy groups -OCH3 is 1. The molecule has 0 aromatic carbocycles. The Morgan fingerprint density at radius 1 is 1.35 bits per heavy atom. The fraction of sp³-hybridized carbons (Fsp3) is 0.688. The van der Waals surface area contributed by atoms with E-state index >= 15 is 0 Å². The lowest BCUT2D eigenvalue weighted by atomic mass is 10.2. The van der Waals surface area contributed by atoms with Gasteiger partial charge in [0, 0.05) is 25.9 Å². The third-order valence-electron chi connectivity index (χ3n) is 3.33. The lowest BCUT2D eigenvalue weighted by Crippen LogP contribution is -2.37. The van der Waals surface area contributed by atoms with Gasteiger partial charge in [0.25, 0.3) is 0 Å². The predicted molar refractivity (Wildman–Crippen MR) is 85.3 cm³/mol. The zero-order valence-electron chi connectivity index (χ0n) is 13.6. The molecule has 0 aliphatic carbocycles. The molecule has 1 atom stereocenters. The second-order valence-electron chi connectivity index (χ2n) is 5.24. The molecular formula is C16H29N3O. The number of hydrogen-bond acceptors (Lipinski definition) is 4. The molecule has 1 rings (SSSR count). The normalized spacial score (nSPS) is 12.4. The second-order valence-corrected chi connectivity index (χ2v) is 5.24. The quantitative estimate of drug-likeness (QED) is 0.705. The molecule has 0 saturated heterocycles. The number of nitrogens with one attached hydrogen (secondary N) is 1. The molecule has 1 N–H and O–H groups in total. The van der Waals surface area contributed by atoms with Crippen LogP contribution in [-0.2, 0) is 11.3 Å². The number of pyridine rings is 1. The van der Waals surface area contributed by atoms with Gasteiger partial charge in [-0.05, 0) is 51.4 Å². The van der Waals surface area contributed by atoms with Gasteiger partial charge < -0.3 is 15.0 Å². The number of rotatable bonds is 9. The predicted octanol–water partition coefficient (Wildman–Crippen LogP) is 2.75. The second kappa shape index (κ2) is 8.93. The minimum absolute atomic E-state index is 0.329. The van der Waals surface area contributed by atoms with Crippen molar-refractivity contribution in [2.45, 2.75) is 46.7 Å². The van der Waals surface area contributed by atoms with E-state index in [1.54, 1.807) is 7.11 Å². The molecule has 0 bridgehead atoms. The minimum atomic E-state index is 0.329. The molecule has 4 nitrogen and oxygen atoms in total. The summed E-state index contributed by atoms with van der Waals surface area (Å²) < 4.78 is 5.27. The van der Waals surface area contributed by atoms with Gasteiger partial charge in [0.1, 0.15) is 5.82 Å². The molecule has 0 aliphatic rings. The van der Waals surface area contributed by atoms with E-state index in [0.717, 1.165) is 37.6 Å². The molecule has 0 aliphatic heterocycles. The number of ether oxygens (including phenoxy) is 1. The van der Waals surface area contributed by atoms with E-state index in [4.69, 9.17) is 4.74 Å². The first-order valence-electron chi connectivity index (χ1n) is 7.56. The van der Waals surface area contributed by atoms with Crippen LogP contribution in [0.25, 0.3) is 0 Å². The summed E-state index contributed by atoms with van der Waals surface area (Å²) in [6.45, 7) is 12.2. The molecule has 20 heavy (non-hydrogen) atoms. The molecular weight excluding hydrogens is 250 g/mol. The van der Waals surface area contributed by atoms with Crippen molar-refractivity contribution in [1.82, 2.24) is 10.3 Å². The van der Waals surface area contributed by atoms with Crippen LogP contribution in [0.5, 0.6) is 0 Å². The number of aryl methyl sites for hydroxylation is 1. The molecule has 0 radical (unpaired) electrons. The maximum atomic E-state index is 5.27. The minimum Gasteiger partial charge on any atom is -0.383 e. The van der Waals surface area contributed by atoms with Gasteiger partial charge in [-0.25, -0.2) is 4.98 Å². The van der Waals surface area contributed by atoms with Gasteiger partial charge in [-0.2, -0.15) is 0 Å². The Kier molecular flexibility index (Phi) is 7.55. The van der Waals surface area contributed by atoms with Gasteiger partial charge in [0.15, 0.2) is 0 Å². The lowest BCUT2D eigenvalue weighted by Gasteiger charge is -2.29. The summed E-state index contributed by atoms with van der Waals surface area (Å²) in [5.41, 5.74) is 2.36. The first kappa shape index (κ1) is 16.9. The van der Waals surface area contributed by atoms with Crippen LogP contribution in [0.2, 0.25) is 0 Å². The Hall–Kier alpha value is -1.13. The van der Waals surface area contributed by atoms with Gasteiger partial charge in [0.05, 0.1) is 12.6 Å². The molecule has 1 aromatic heterocycles. The number of nitrogens with zero attached hydrogens (tertiary/aromatic N) is 2. The van der Waals surface area contributed by atoms with Crippen molar-refractivity contribution in [3.63, 3.8) is 0 Å². The van der Waals surface area contributed by atoms with Gasteiger partial charge >= 0.3 is 0 Å². The van der Waals surface area contributed by atoms with Gasteiger partial charge in [-0.3, -0.25) is 0 Å². The van der Waals surface area contributed by atoms with E-state index in [9.17, 15) is 0 Å². The van der Waals surface area contributed by atoms with Crippen LogP contribution >= 0.6 is 0 Å². The Labute approximate surface area is 123 Å². The van der Waals surface area contributed by atoms with Crippen LogP contribution in [0.3, 0.4) is 0 Å². The van der Waals surface area contributed by atoms with Gasteiger partial charge in [0.2, 0.25) is 0 Å². The molecule has 1 unspecified atom stereocenters. The monoisotopic (exact) mass is 279 g/mol. The molecule has 0 saturated carbocycles.